The lowest BCUT2D eigenvalue weighted by molar-refractivity contribution is 0.0933. The van der Waals surface area contributed by atoms with Crippen LogP contribution in [-0.2, 0) is 0 Å². The van der Waals surface area contributed by atoms with Crippen LogP contribution in [0.2, 0.25) is 0 Å². The number of rotatable bonds is 3. The zero-order valence-electron chi connectivity index (χ0n) is 12.1. The Kier molecular flexibility index (Phi) is 4.07. The lowest BCUT2D eigenvalue weighted by atomic mass is 10.0. The summed E-state index contributed by atoms with van der Waals surface area (Å²) in [4.78, 5) is 19.4. The first kappa shape index (κ1) is 14.3. The molecule has 5 nitrogen and oxygen atoms in total. The number of piperidine rings is 1. The van der Waals surface area contributed by atoms with Gasteiger partial charge in [-0.15, -0.1) is 11.3 Å². The molecule has 1 aliphatic rings. The number of nitrogens with zero attached hydrogens (tertiary/aromatic N) is 2. The van der Waals surface area contributed by atoms with E-state index in [0.29, 0.717) is 23.2 Å². The minimum atomic E-state index is -0.0762. The van der Waals surface area contributed by atoms with Crippen molar-refractivity contribution >= 4 is 33.0 Å². The number of nitrogens with two attached hydrogens (primary N) is 1. The molecule has 0 saturated carbocycles. The van der Waals surface area contributed by atoms with Gasteiger partial charge in [-0.2, -0.15) is 0 Å². The van der Waals surface area contributed by atoms with Gasteiger partial charge in [-0.05, 0) is 32.5 Å². The smallest absolute Gasteiger partial charge is 0.263 e. The van der Waals surface area contributed by atoms with Crippen molar-refractivity contribution in [3.05, 3.63) is 23.3 Å². The molecule has 1 unspecified atom stereocenters. The fourth-order valence-corrected chi connectivity index (χ4v) is 3.84. The summed E-state index contributed by atoms with van der Waals surface area (Å²) in [5.74, 6) is -0.0762. The Morgan fingerprint density at radius 1 is 1.57 bits per heavy atom. The Bertz CT molecular complexity index is 654. The number of fused-ring (bicyclic) bond motifs is 1. The highest BCUT2D eigenvalue weighted by Crippen LogP contribution is 2.32. The molecule has 2 aromatic rings. The molecule has 3 rings (SSSR count). The number of thiophene rings is 1. The molecule has 21 heavy (non-hydrogen) atoms. The number of nitrogen functional groups attached to an aromatic ring is 1. The normalized spacial score (nSPS) is 19.8. The number of hydrogen-bond donors (Lipinski definition) is 2. The minimum Gasteiger partial charge on any atom is -0.397 e. The van der Waals surface area contributed by atoms with Crippen molar-refractivity contribution in [2.45, 2.75) is 25.3 Å². The van der Waals surface area contributed by atoms with Gasteiger partial charge in [-0.1, -0.05) is 6.42 Å². The molecule has 1 amide bonds. The predicted molar refractivity (Wildman–Crippen MR) is 86.6 cm³/mol. The molecule has 1 saturated heterocycles. The first-order valence-corrected chi connectivity index (χ1v) is 8.09. The number of aromatic nitrogens is 1. The predicted octanol–water partition coefficient (Wildman–Crippen LogP) is 2.09. The van der Waals surface area contributed by atoms with Gasteiger partial charge in [-0.3, -0.25) is 9.78 Å². The van der Waals surface area contributed by atoms with Crippen LogP contribution in [0, 0.1) is 0 Å². The SMILES string of the molecule is CN1CCCCC1CNC(=O)c1sc2cnccc2c1N. The van der Waals surface area contributed by atoms with E-state index in [1.165, 1.54) is 24.2 Å². The lowest BCUT2D eigenvalue weighted by Gasteiger charge is -2.32. The summed E-state index contributed by atoms with van der Waals surface area (Å²) in [6.45, 7) is 1.79. The van der Waals surface area contributed by atoms with E-state index in [0.717, 1.165) is 23.1 Å². The Morgan fingerprint density at radius 3 is 3.19 bits per heavy atom. The number of pyridine rings is 1. The van der Waals surface area contributed by atoms with Crippen molar-refractivity contribution < 1.29 is 4.79 Å². The zero-order valence-corrected chi connectivity index (χ0v) is 12.9. The van der Waals surface area contributed by atoms with Crippen LogP contribution in [0.15, 0.2) is 18.5 Å². The minimum absolute atomic E-state index is 0.0762. The van der Waals surface area contributed by atoms with Crippen LogP contribution in [0.4, 0.5) is 5.69 Å². The average Bonchev–Trinajstić information content (AvgIpc) is 2.84. The van der Waals surface area contributed by atoms with Gasteiger partial charge >= 0.3 is 0 Å². The number of hydrogen-bond acceptors (Lipinski definition) is 5. The van der Waals surface area contributed by atoms with Gasteiger partial charge in [0.2, 0.25) is 0 Å². The fraction of sp³-hybridized carbons (Fsp3) is 0.467. The largest absolute Gasteiger partial charge is 0.397 e. The molecule has 3 N–H and O–H groups in total. The number of carbonyl (C=O) groups excluding carboxylic acids is 1. The molecule has 0 aliphatic carbocycles. The molecule has 1 fully saturated rings. The molecule has 1 aliphatic heterocycles. The van der Waals surface area contributed by atoms with Crippen LogP contribution in [-0.4, -0.2) is 42.0 Å². The molecule has 1 atom stereocenters. The number of amides is 1. The monoisotopic (exact) mass is 304 g/mol. The lowest BCUT2D eigenvalue weighted by Crippen LogP contribution is -2.44. The molecule has 2 aromatic heterocycles. The van der Waals surface area contributed by atoms with Crippen molar-refractivity contribution in [1.82, 2.24) is 15.2 Å². The van der Waals surface area contributed by atoms with Crippen LogP contribution < -0.4 is 11.1 Å². The fourth-order valence-electron chi connectivity index (χ4n) is 2.83. The van der Waals surface area contributed by atoms with Gasteiger partial charge in [-0.25, -0.2) is 0 Å². The van der Waals surface area contributed by atoms with Crippen molar-refractivity contribution in [1.29, 1.82) is 0 Å². The second-order valence-electron chi connectivity index (χ2n) is 5.56. The molecule has 0 radical (unpaired) electrons. The van der Waals surface area contributed by atoms with Crippen LogP contribution in [0.25, 0.3) is 10.1 Å². The maximum Gasteiger partial charge on any atom is 0.263 e. The van der Waals surface area contributed by atoms with E-state index in [2.05, 4.69) is 22.2 Å². The van der Waals surface area contributed by atoms with Gasteiger partial charge in [0.15, 0.2) is 0 Å². The van der Waals surface area contributed by atoms with Gasteiger partial charge < -0.3 is 16.0 Å². The highest BCUT2D eigenvalue weighted by molar-refractivity contribution is 7.21. The van der Waals surface area contributed by atoms with Crippen LogP contribution in [0.3, 0.4) is 0 Å². The molecular weight excluding hydrogens is 284 g/mol. The number of carbonyl (C=O) groups is 1. The van der Waals surface area contributed by atoms with Gasteiger partial charge in [0.05, 0.1) is 10.4 Å². The summed E-state index contributed by atoms with van der Waals surface area (Å²) in [5.41, 5.74) is 6.65. The second kappa shape index (κ2) is 5.99. The third-order valence-electron chi connectivity index (χ3n) is 4.16. The Morgan fingerprint density at radius 2 is 2.43 bits per heavy atom. The summed E-state index contributed by atoms with van der Waals surface area (Å²) in [5, 5.41) is 3.94. The average molecular weight is 304 g/mol. The molecule has 0 aromatic carbocycles. The van der Waals surface area contributed by atoms with Crippen molar-refractivity contribution in [3.63, 3.8) is 0 Å². The van der Waals surface area contributed by atoms with Gasteiger partial charge in [0.25, 0.3) is 5.91 Å². The van der Waals surface area contributed by atoms with Crippen molar-refractivity contribution in [3.8, 4) is 0 Å². The molecular formula is C15H20N4OS. The van der Waals surface area contributed by atoms with E-state index in [9.17, 15) is 4.79 Å². The highest BCUT2D eigenvalue weighted by Gasteiger charge is 2.21. The Labute approximate surface area is 128 Å². The summed E-state index contributed by atoms with van der Waals surface area (Å²) >= 11 is 1.41. The third-order valence-corrected chi connectivity index (χ3v) is 5.31. The number of likely N-dealkylation sites (N-methyl/N-ethyl adjacent to an activating group) is 1. The highest BCUT2D eigenvalue weighted by atomic mass is 32.1. The molecule has 6 heteroatoms. The van der Waals surface area contributed by atoms with Crippen LogP contribution in [0.5, 0.6) is 0 Å². The molecule has 3 heterocycles. The first-order chi connectivity index (χ1) is 10.2. The van der Waals surface area contributed by atoms with Crippen LogP contribution >= 0.6 is 11.3 Å². The topological polar surface area (TPSA) is 71.2 Å². The van der Waals surface area contributed by atoms with E-state index in [1.807, 2.05) is 6.07 Å². The number of anilines is 1. The Hall–Kier alpha value is -1.66. The first-order valence-electron chi connectivity index (χ1n) is 7.27. The quantitative estimate of drug-likeness (QED) is 0.911. The zero-order chi connectivity index (χ0) is 14.8. The Balaban J connectivity index is 1.70. The second-order valence-corrected chi connectivity index (χ2v) is 6.61. The number of likely N-dealkylation sites (tertiary alicyclic amines) is 1. The molecule has 112 valence electrons. The van der Waals surface area contributed by atoms with Gasteiger partial charge in [0, 0.05) is 30.4 Å². The molecule has 0 bridgehead atoms. The standard InChI is InChI=1S/C15H20N4OS/c1-19-7-3-2-4-10(19)8-18-15(20)14-13(16)11-5-6-17-9-12(11)21-14/h5-6,9-10H,2-4,7-8,16H2,1H3,(H,18,20). The van der Waals surface area contributed by atoms with Crippen LogP contribution in [0.1, 0.15) is 28.9 Å². The summed E-state index contributed by atoms with van der Waals surface area (Å²) in [6.07, 6.45) is 7.08. The summed E-state index contributed by atoms with van der Waals surface area (Å²) in [7, 11) is 2.12. The molecule has 0 spiro atoms. The summed E-state index contributed by atoms with van der Waals surface area (Å²) in [6, 6.07) is 2.28. The maximum atomic E-state index is 12.4. The van der Waals surface area contributed by atoms with Crippen molar-refractivity contribution in [2.75, 3.05) is 25.9 Å². The third kappa shape index (κ3) is 2.87. The van der Waals surface area contributed by atoms with E-state index in [-0.39, 0.29) is 5.91 Å². The van der Waals surface area contributed by atoms with E-state index in [4.69, 9.17) is 5.73 Å². The summed E-state index contributed by atoms with van der Waals surface area (Å²) < 4.78 is 0.954. The van der Waals surface area contributed by atoms with E-state index in [1.54, 1.807) is 12.4 Å². The van der Waals surface area contributed by atoms with Gasteiger partial charge in [0.1, 0.15) is 4.88 Å². The van der Waals surface area contributed by atoms with E-state index >= 15 is 0 Å². The van der Waals surface area contributed by atoms with E-state index < -0.39 is 0 Å². The van der Waals surface area contributed by atoms with Crippen molar-refractivity contribution in [2.24, 2.45) is 0 Å². The maximum absolute atomic E-state index is 12.4. The number of nitrogens with one attached hydrogen (secondary N) is 1.